The van der Waals surface area contributed by atoms with Crippen molar-refractivity contribution in [2.75, 3.05) is 6.61 Å². The van der Waals surface area contributed by atoms with Crippen molar-refractivity contribution in [1.82, 2.24) is 0 Å². The summed E-state index contributed by atoms with van der Waals surface area (Å²) in [5.74, 6) is 0. The second-order valence-electron chi connectivity index (χ2n) is 3.16. The molecule has 0 aromatic heterocycles. The SMILES string of the molecule is CCOP(=O)(O)c1cccc(C)c1C. The van der Waals surface area contributed by atoms with Gasteiger partial charge < -0.3 is 9.42 Å². The van der Waals surface area contributed by atoms with Gasteiger partial charge in [-0.15, -0.1) is 0 Å². The minimum Gasteiger partial charge on any atom is -0.321 e. The number of hydrogen-bond donors (Lipinski definition) is 1. The Labute approximate surface area is 84.3 Å². The van der Waals surface area contributed by atoms with Crippen LogP contribution in [0, 0.1) is 13.8 Å². The van der Waals surface area contributed by atoms with Gasteiger partial charge in [0.2, 0.25) is 0 Å². The number of rotatable bonds is 3. The van der Waals surface area contributed by atoms with Gasteiger partial charge in [0.1, 0.15) is 0 Å². The molecule has 1 N–H and O–H groups in total. The highest BCUT2D eigenvalue weighted by atomic mass is 31.2. The zero-order valence-corrected chi connectivity index (χ0v) is 9.54. The fourth-order valence-corrected chi connectivity index (χ4v) is 2.65. The van der Waals surface area contributed by atoms with E-state index in [2.05, 4.69) is 0 Å². The second-order valence-corrected chi connectivity index (χ2v) is 4.94. The van der Waals surface area contributed by atoms with Crippen LogP contribution in [-0.2, 0) is 9.09 Å². The van der Waals surface area contributed by atoms with Crippen molar-refractivity contribution in [2.45, 2.75) is 20.8 Å². The van der Waals surface area contributed by atoms with Gasteiger partial charge in [-0.25, -0.2) is 0 Å². The van der Waals surface area contributed by atoms with E-state index < -0.39 is 7.60 Å². The molecule has 0 aliphatic rings. The summed E-state index contributed by atoms with van der Waals surface area (Å²) >= 11 is 0. The quantitative estimate of drug-likeness (QED) is 0.784. The number of aryl methyl sites for hydroxylation is 1. The molecule has 1 aromatic carbocycles. The first-order chi connectivity index (χ1) is 6.49. The smallest absolute Gasteiger partial charge is 0.321 e. The summed E-state index contributed by atoms with van der Waals surface area (Å²) < 4.78 is 16.6. The zero-order valence-electron chi connectivity index (χ0n) is 8.65. The fraction of sp³-hybridized carbons (Fsp3) is 0.400. The third kappa shape index (κ3) is 2.24. The summed E-state index contributed by atoms with van der Waals surface area (Å²) in [6, 6.07) is 5.31. The molecular weight excluding hydrogens is 199 g/mol. The van der Waals surface area contributed by atoms with Crippen molar-refractivity contribution >= 4 is 12.9 Å². The molecule has 3 nitrogen and oxygen atoms in total. The van der Waals surface area contributed by atoms with Gasteiger partial charge in [0.25, 0.3) is 0 Å². The molecule has 0 aliphatic carbocycles. The molecule has 1 atom stereocenters. The Morgan fingerprint density at radius 1 is 1.43 bits per heavy atom. The fourth-order valence-electron chi connectivity index (χ4n) is 1.29. The Morgan fingerprint density at radius 3 is 2.64 bits per heavy atom. The van der Waals surface area contributed by atoms with Crippen molar-refractivity contribution in [3.63, 3.8) is 0 Å². The Balaban J connectivity index is 3.19. The predicted molar refractivity (Wildman–Crippen MR) is 57.0 cm³/mol. The van der Waals surface area contributed by atoms with Gasteiger partial charge in [0.15, 0.2) is 0 Å². The van der Waals surface area contributed by atoms with Crippen LogP contribution < -0.4 is 5.30 Å². The summed E-state index contributed by atoms with van der Waals surface area (Å²) in [7, 11) is -3.61. The molecule has 0 amide bonds. The van der Waals surface area contributed by atoms with Crippen LogP contribution in [-0.4, -0.2) is 11.5 Å². The monoisotopic (exact) mass is 214 g/mol. The summed E-state index contributed by atoms with van der Waals surface area (Å²) in [6.45, 7) is 5.67. The number of benzene rings is 1. The van der Waals surface area contributed by atoms with E-state index in [1.54, 1.807) is 19.1 Å². The largest absolute Gasteiger partial charge is 0.359 e. The number of hydrogen-bond acceptors (Lipinski definition) is 2. The Hall–Kier alpha value is -0.630. The lowest BCUT2D eigenvalue weighted by Gasteiger charge is -2.14. The van der Waals surface area contributed by atoms with Crippen molar-refractivity contribution in [2.24, 2.45) is 0 Å². The van der Waals surface area contributed by atoms with E-state index in [1.807, 2.05) is 19.9 Å². The Morgan fingerprint density at radius 2 is 2.07 bits per heavy atom. The van der Waals surface area contributed by atoms with Crippen LogP contribution in [0.15, 0.2) is 18.2 Å². The summed E-state index contributed by atoms with van der Waals surface area (Å²) in [5, 5.41) is 0.402. The van der Waals surface area contributed by atoms with Crippen LogP contribution >= 0.6 is 7.60 Å². The molecule has 4 heteroatoms. The maximum atomic E-state index is 11.7. The topological polar surface area (TPSA) is 46.5 Å². The van der Waals surface area contributed by atoms with Crippen molar-refractivity contribution < 1.29 is 14.0 Å². The van der Waals surface area contributed by atoms with Gasteiger partial charge in [-0.05, 0) is 38.0 Å². The lowest BCUT2D eigenvalue weighted by molar-refractivity contribution is 0.284. The summed E-state index contributed by atoms with van der Waals surface area (Å²) in [5.41, 5.74) is 1.82. The molecule has 0 spiro atoms. The Kier molecular flexibility index (Phi) is 3.48. The van der Waals surface area contributed by atoms with Crippen molar-refractivity contribution in [3.05, 3.63) is 29.3 Å². The molecule has 1 rings (SSSR count). The van der Waals surface area contributed by atoms with Crippen LogP contribution in [0.3, 0.4) is 0 Å². The minimum absolute atomic E-state index is 0.237. The molecule has 1 aromatic rings. The summed E-state index contributed by atoms with van der Waals surface area (Å²) in [6.07, 6.45) is 0. The standard InChI is InChI=1S/C10H15O3P/c1-4-13-14(11,12)10-7-5-6-8(2)9(10)3/h5-7H,4H2,1-3H3,(H,11,12). The van der Waals surface area contributed by atoms with Crippen LogP contribution in [0.4, 0.5) is 0 Å². The molecule has 14 heavy (non-hydrogen) atoms. The van der Waals surface area contributed by atoms with Crippen LogP contribution in [0.1, 0.15) is 18.1 Å². The van der Waals surface area contributed by atoms with E-state index >= 15 is 0 Å². The van der Waals surface area contributed by atoms with Crippen molar-refractivity contribution in [1.29, 1.82) is 0 Å². The highest BCUT2D eigenvalue weighted by Crippen LogP contribution is 2.41. The average molecular weight is 214 g/mol. The zero-order chi connectivity index (χ0) is 10.8. The van der Waals surface area contributed by atoms with Gasteiger partial charge in [-0.3, -0.25) is 4.57 Å². The van der Waals surface area contributed by atoms with Crippen LogP contribution in [0.5, 0.6) is 0 Å². The summed E-state index contributed by atoms with van der Waals surface area (Å²) in [4.78, 5) is 9.62. The molecule has 0 heterocycles. The highest BCUT2D eigenvalue weighted by molar-refractivity contribution is 7.61. The third-order valence-electron chi connectivity index (χ3n) is 2.18. The van der Waals surface area contributed by atoms with E-state index in [0.717, 1.165) is 11.1 Å². The molecule has 1 unspecified atom stereocenters. The molecule has 0 bridgehead atoms. The lowest BCUT2D eigenvalue weighted by Crippen LogP contribution is -2.11. The molecule has 0 saturated carbocycles. The first kappa shape index (κ1) is 11.4. The normalized spacial score (nSPS) is 15.1. The van der Waals surface area contributed by atoms with Gasteiger partial charge in [-0.2, -0.15) is 0 Å². The first-order valence-electron chi connectivity index (χ1n) is 4.53. The van der Waals surface area contributed by atoms with Crippen molar-refractivity contribution in [3.8, 4) is 0 Å². The van der Waals surface area contributed by atoms with Crippen LogP contribution in [0.25, 0.3) is 0 Å². The molecule has 0 saturated heterocycles. The molecular formula is C10H15O3P. The second kappa shape index (κ2) is 4.26. The maximum absolute atomic E-state index is 11.7. The maximum Gasteiger partial charge on any atom is 0.359 e. The van der Waals surface area contributed by atoms with Crippen LogP contribution in [0.2, 0.25) is 0 Å². The molecule has 78 valence electrons. The highest BCUT2D eigenvalue weighted by Gasteiger charge is 2.24. The average Bonchev–Trinajstić information content (AvgIpc) is 2.09. The third-order valence-corrected chi connectivity index (χ3v) is 3.89. The minimum atomic E-state index is -3.61. The van der Waals surface area contributed by atoms with E-state index in [1.165, 1.54) is 0 Å². The van der Waals surface area contributed by atoms with E-state index in [4.69, 9.17) is 4.52 Å². The molecule has 0 radical (unpaired) electrons. The van der Waals surface area contributed by atoms with Gasteiger partial charge in [-0.1, -0.05) is 12.1 Å². The Bertz CT molecular complexity index is 374. The molecule has 0 aliphatic heterocycles. The van der Waals surface area contributed by atoms with E-state index in [0.29, 0.717) is 5.30 Å². The van der Waals surface area contributed by atoms with E-state index in [-0.39, 0.29) is 6.61 Å². The van der Waals surface area contributed by atoms with Gasteiger partial charge in [0, 0.05) is 0 Å². The molecule has 0 fully saturated rings. The lowest BCUT2D eigenvalue weighted by atomic mass is 10.1. The first-order valence-corrected chi connectivity index (χ1v) is 6.11. The van der Waals surface area contributed by atoms with Gasteiger partial charge >= 0.3 is 7.60 Å². The van der Waals surface area contributed by atoms with Gasteiger partial charge in [0.05, 0.1) is 11.9 Å². The predicted octanol–water partition coefficient (Wildman–Crippen LogP) is 2.15. The van der Waals surface area contributed by atoms with E-state index in [9.17, 15) is 9.46 Å².